The van der Waals surface area contributed by atoms with Crippen molar-refractivity contribution >= 4 is 23.2 Å². The molecule has 1 aromatic rings. The van der Waals surface area contributed by atoms with Gasteiger partial charge < -0.3 is 16.2 Å². The zero-order valence-corrected chi connectivity index (χ0v) is 11.4. The van der Waals surface area contributed by atoms with Crippen LogP contribution < -0.4 is 11.1 Å². The Hall–Kier alpha value is -1.47. The van der Waals surface area contributed by atoms with E-state index < -0.39 is 23.3 Å². The van der Waals surface area contributed by atoms with E-state index in [0.29, 0.717) is 5.01 Å². The molecular formula is C11H17N3O3S. The second-order valence-corrected chi connectivity index (χ2v) is 5.88. The molecule has 4 N–H and O–H groups in total. The maximum Gasteiger partial charge on any atom is 0.326 e. The summed E-state index contributed by atoms with van der Waals surface area (Å²) in [7, 11) is 0. The third-order valence-corrected chi connectivity index (χ3v) is 3.22. The molecule has 6 nitrogen and oxygen atoms in total. The molecule has 18 heavy (non-hydrogen) atoms. The van der Waals surface area contributed by atoms with Crippen molar-refractivity contribution in [3.63, 3.8) is 0 Å². The van der Waals surface area contributed by atoms with Crippen molar-refractivity contribution in [1.82, 2.24) is 10.3 Å². The van der Waals surface area contributed by atoms with Crippen LogP contribution in [0.25, 0.3) is 0 Å². The lowest BCUT2D eigenvalue weighted by Gasteiger charge is -2.27. The van der Waals surface area contributed by atoms with E-state index in [4.69, 9.17) is 10.8 Å². The molecule has 0 saturated heterocycles. The van der Waals surface area contributed by atoms with E-state index in [1.165, 1.54) is 11.3 Å². The minimum absolute atomic E-state index is 0.205. The van der Waals surface area contributed by atoms with Crippen LogP contribution in [0.5, 0.6) is 0 Å². The number of carboxylic acid groups (broad SMARTS) is 1. The van der Waals surface area contributed by atoms with Gasteiger partial charge in [0.05, 0.1) is 0 Å². The molecule has 7 heteroatoms. The quantitative estimate of drug-likeness (QED) is 0.752. The Labute approximate surface area is 109 Å². The Morgan fingerprint density at radius 1 is 1.56 bits per heavy atom. The van der Waals surface area contributed by atoms with E-state index in [1.807, 2.05) is 0 Å². The number of hydrogen-bond acceptors (Lipinski definition) is 5. The van der Waals surface area contributed by atoms with Crippen molar-refractivity contribution in [2.24, 2.45) is 11.1 Å². The lowest BCUT2D eigenvalue weighted by atomic mass is 9.87. The lowest BCUT2D eigenvalue weighted by Crippen LogP contribution is -2.49. The molecule has 0 aliphatic carbocycles. The van der Waals surface area contributed by atoms with Crippen LogP contribution in [-0.2, 0) is 11.3 Å². The SMILES string of the molecule is CC(C)(C)[C@H](NC(=O)c1csc(CN)n1)C(=O)O. The predicted molar refractivity (Wildman–Crippen MR) is 68.4 cm³/mol. The largest absolute Gasteiger partial charge is 0.480 e. The van der Waals surface area contributed by atoms with Gasteiger partial charge in [-0.3, -0.25) is 4.79 Å². The Morgan fingerprint density at radius 3 is 2.56 bits per heavy atom. The molecule has 1 amide bonds. The zero-order valence-electron chi connectivity index (χ0n) is 10.6. The van der Waals surface area contributed by atoms with Gasteiger partial charge in [0, 0.05) is 11.9 Å². The number of thiazole rings is 1. The monoisotopic (exact) mass is 271 g/mol. The van der Waals surface area contributed by atoms with Crippen LogP contribution in [0.2, 0.25) is 0 Å². The fraction of sp³-hybridized carbons (Fsp3) is 0.545. The predicted octanol–water partition coefficient (Wildman–Crippen LogP) is 0.831. The minimum atomic E-state index is -1.06. The van der Waals surface area contributed by atoms with Gasteiger partial charge in [0.2, 0.25) is 0 Å². The third kappa shape index (κ3) is 3.51. The highest BCUT2D eigenvalue weighted by molar-refractivity contribution is 7.09. The average molecular weight is 271 g/mol. The van der Waals surface area contributed by atoms with Crippen molar-refractivity contribution in [3.05, 3.63) is 16.1 Å². The third-order valence-electron chi connectivity index (χ3n) is 2.35. The number of hydrogen-bond donors (Lipinski definition) is 3. The van der Waals surface area contributed by atoms with Crippen molar-refractivity contribution < 1.29 is 14.7 Å². The highest BCUT2D eigenvalue weighted by Crippen LogP contribution is 2.20. The molecule has 1 rings (SSSR count). The summed E-state index contributed by atoms with van der Waals surface area (Å²) in [5.41, 5.74) is 5.03. The number of rotatable bonds is 4. The standard InChI is InChI=1S/C11H17N3O3S/c1-11(2,3)8(10(16)17)14-9(15)6-5-18-7(4-12)13-6/h5,8H,4,12H2,1-3H3,(H,14,15)(H,16,17)/t8-/m1/s1. The molecule has 1 aromatic heterocycles. The maximum absolute atomic E-state index is 11.9. The normalized spacial score (nSPS) is 13.1. The summed E-state index contributed by atoms with van der Waals surface area (Å²) in [5.74, 6) is -1.56. The van der Waals surface area contributed by atoms with Gasteiger partial charge in [0.1, 0.15) is 16.7 Å². The molecule has 0 spiro atoms. The van der Waals surface area contributed by atoms with Gasteiger partial charge in [-0.25, -0.2) is 9.78 Å². The number of carboxylic acids is 1. The molecule has 0 aromatic carbocycles. The summed E-state index contributed by atoms with van der Waals surface area (Å²) in [4.78, 5) is 27.0. The van der Waals surface area contributed by atoms with Gasteiger partial charge in [0.25, 0.3) is 5.91 Å². The van der Waals surface area contributed by atoms with Gasteiger partial charge in [-0.2, -0.15) is 0 Å². The summed E-state index contributed by atoms with van der Waals surface area (Å²) >= 11 is 1.28. The molecule has 100 valence electrons. The Balaban J connectivity index is 2.82. The van der Waals surface area contributed by atoms with E-state index in [0.717, 1.165) is 0 Å². The summed E-state index contributed by atoms with van der Waals surface area (Å²) in [6.07, 6.45) is 0. The minimum Gasteiger partial charge on any atom is -0.480 e. The first-order valence-electron chi connectivity index (χ1n) is 5.44. The average Bonchev–Trinajstić information content (AvgIpc) is 2.71. The van der Waals surface area contributed by atoms with Gasteiger partial charge in [-0.15, -0.1) is 11.3 Å². The number of carbonyl (C=O) groups excluding carboxylic acids is 1. The number of amides is 1. The Bertz CT molecular complexity index is 451. The van der Waals surface area contributed by atoms with E-state index in [9.17, 15) is 9.59 Å². The molecule has 0 aliphatic rings. The Morgan fingerprint density at radius 2 is 2.17 bits per heavy atom. The van der Waals surface area contributed by atoms with Gasteiger partial charge in [0.15, 0.2) is 0 Å². The summed E-state index contributed by atoms with van der Waals surface area (Å²) < 4.78 is 0. The lowest BCUT2D eigenvalue weighted by molar-refractivity contribution is -0.142. The van der Waals surface area contributed by atoms with Crippen molar-refractivity contribution in [3.8, 4) is 0 Å². The van der Waals surface area contributed by atoms with Crippen LogP contribution in [0.15, 0.2) is 5.38 Å². The van der Waals surface area contributed by atoms with Crippen LogP contribution in [0.4, 0.5) is 0 Å². The second-order valence-electron chi connectivity index (χ2n) is 4.94. The number of aliphatic carboxylic acids is 1. The molecule has 0 aliphatic heterocycles. The summed E-state index contributed by atoms with van der Waals surface area (Å²) in [6.45, 7) is 5.51. The molecule has 1 heterocycles. The molecule has 0 saturated carbocycles. The van der Waals surface area contributed by atoms with Crippen molar-refractivity contribution in [2.75, 3.05) is 0 Å². The first-order valence-corrected chi connectivity index (χ1v) is 6.32. The summed E-state index contributed by atoms with van der Waals surface area (Å²) in [6, 6.07) is -0.965. The first-order chi connectivity index (χ1) is 8.25. The molecule has 1 atom stereocenters. The van der Waals surface area contributed by atoms with E-state index in [2.05, 4.69) is 10.3 Å². The van der Waals surface area contributed by atoms with Crippen LogP contribution >= 0.6 is 11.3 Å². The summed E-state index contributed by atoms with van der Waals surface area (Å²) in [5, 5.41) is 13.8. The van der Waals surface area contributed by atoms with Gasteiger partial charge in [-0.1, -0.05) is 20.8 Å². The van der Waals surface area contributed by atoms with E-state index in [-0.39, 0.29) is 12.2 Å². The van der Waals surface area contributed by atoms with Gasteiger partial charge in [-0.05, 0) is 5.41 Å². The van der Waals surface area contributed by atoms with E-state index in [1.54, 1.807) is 26.2 Å². The van der Waals surface area contributed by atoms with Crippen molar-refractivity contribution in [1.29, 1.82) is 0 Å². The number of nitrogens with two attached hydrogens (primary N) is 1. The molecule has 0 radical (unpaired) electrons. The van der Waals surface area contributed by atoms with Crippen LogP contribution in [-0.4, -0.2) is 28.0 Å². The van der Waals surface area contributed by atoms with Crippen LogP contribution in [0.3, 0.4) is 0 Å². The topological polar surface area (TPSA) is 105 Å². The smallest absolute Gasteiger partial charge is 0.326 e. The Kier molecular flexibility index (Phi) is 4.42. The fourth-order valence-corrected chi connectivity index (χ4v) is 2.02. The number of carbonyl (C=O) groups is 2. The van der Waals surface area contributed by atoms with Crippen molar-refractivity contribution in [2.45, 2.75) is 33.4 Å². The number of aromatic nitrogens is 1. The van der Waals surface area contributed by atoms with Gasteiger partial charge >= 0.3 is 5.97 Å². The molecular weight excluding hydrogens is 254 g/mol. The van der Waals surface area contributed by atoms with Crippen LogP contribution in [0.1, 0.15) is 36.3 Å². The number of nitrogens with zero attached hydrogens (tertiary/aromatic N) is 1. The highest BCUT2D eigenvalue weighted by atomic mass is 32.1. The first kappa shape index (κ1) is 14.6. The molecule has 0 fully saturated rings. The zero-order chi connectivity index (χ0) is 13.9. The van der Waals surface area contributed by atoms with Crippen LogP contribution in [0, 0.1) is 5.41 Å². The van der Waals surface area contributed by atoms with E-state index >= 15 is 0 Å². The highest BCUT2D eigenvalue weighted by Gasteiger charge is 2.33. The molecule has 0 bridgehead atoms. The second kappa shape index (κ2) is 5.45. The molecule has 0 unspecified atom stereocenters. The number of nitrogens with one attached hydrogen (secondary N) is 1. The maximum atomic E-state index is 11.9. The fourth-order valence-electron chi connectivity index (χ4n) is 1.36.